The molecule has 0 spiro atoms. The summed E-state index contributed by atoms with van der Waals surface area (Å²) in [6, 6.07) is 9.47. The SMILES string of the molecule is CC(=O)NN(C=O)c1cc[c]cc1. The van der Waals surface area contributed by atoms with Crippen LogP contribution in [0.5, 0.6) is 0 Å². The Balaban J connectivity index is 2.78. The fraction of sp³-hybridized carbons (Fsp3) is 0.111. The summed E-state index contributed by atoms with van der Waals surface area (Å²) >= 11 is 0. The molecule has 1 rings (SSSR count). The quantitative estimate of drug-likeness (QED) is 0.540. The molecule has 4 nitrogen and oxygen atoms in total. The van der Waals surface area contributed by atoms with Gasteiger partial charge in [-0.05, 0) is 18.2 Å². The number of anilines is 1. The second-order valence-electron chi connectivity index (χ2n) is 2.40. The van der Waals surface area contributed by atoms with Crippen molar-refractivity contribution < 1.29 is 9.59 Å². The molecule has 0 aromatic heterocycles. The number of benzene rings is 1. The molecule has 1 aromatic carbocycles. The second-order valence-corrected chi connectivity index (χ2v) is 2.40. The van der Waals surface area contributed by atoms with Crippen LogP contribution in [0.2, 0.25) is 0 Å². The molecule has 0 bridgehead atoms. The maximum Gasteiger partial charge on any atom is 0.235 e. The predicted octanol–water partition coefficient (Wildman–Crippen LogP) is 0.501. The van der Waals surface area contributed by atoms with Crippen molar-refractivity contribution in [3.05, 3.63) is 30.3 Å². The Bertz CT molecular complexity index is 298. The zero-order chi connectivity index (χ0) is 9.68. The van der Waals surface area contributed by atoms with Crippen molar-refractivity contribution in [3.63, 3.8) is 0 Å². The van der Waals surface area contributed by atoms with Crippen LogP contribution >= 0.6 is 0 Å². The highest BCUT2D eigenvalue weighted by atomic mass is 16.2. The van der Waals surface area contributed by atoms with Gasteiger partial charge in [0, 0.05) is 6.92 Å². The molecule has 0 heterocycles. The van der Waals surface area contributed by atoms with E-state index in [1.165, 1.54) is 6.92 Å². The minimum atomic E-state index is -0.292. The summed E-state index contributed by atoms with van der Waals surface area (Å²) in [7, 11) is 0. The highest BCUT2D eigenvalue weighted by molar-refractivity contribution is 5.83. The fourth-order valence-corrected chi connectivity index (χ4v) is 0.860. The summed E-state index contributed by atoms with van der Waals surface area (Å²) in [6.45, 7) is 1.34. The van der Waals surface area contributed by atoms with Gasteiger partial charge >= 0.3 is 0 Å². The number of amides is 2. The number of nitrogens with one attached hydrogen (secondary N) is 1. The van der Waals surface area contributed by atoms with Crippen LogP contribution in [0.1, 0.15) is 6.92 Å². The molecular formula is C9H9N2O2. The van der Waals surface area contributed by atoms with Crippen molar-refractivity contribution in [3.8, 4) is 0 Å². The Labute approximate surface area is 76.1 Å². The van der Waals surface area contributed by atoms with Gasteiger partial charge in [-0.3, -0.25) is 15.0 Å². The summed E-state index contributed by atoms with van der Waals surface area (Å²) in [5.41, 5.74) is 2.96. The highest BCUT2D eigenvalue weighted by Crippen LogP contribution is 2.07. The molecule has 0 atom stereocenters. The first-order valence-electron chi connectivity index (χ1n) is 3.72. The molecule has 0 fully saturated rings. The van der Waals surface area contributed by atoms with E-state index in [1.54, 1.807) is 24.3 Å². The van der Waals surface area contributed by atoms with Crippen LogP contribution in [0.25, 0.3) is 0 Å². The molecule has 4 heteroatoms. The molecule has 0 unspecified atom stereocenters. The Morgan fingerprint density at radius 2 is 2.15 bits per heavy atom. The van der Waals surface area contributed by atoms with Gasteiger partial charge in [-0.1, -0.05) is 12.1 Å². The summed E-state index contributed by atoms with van der Waals surface area (Å²) in [4.78, 5) is 21.2. The first kappa shape index (κ1) is 9.25. The summed E-state index contributed by atoms with van der Waals surface area (Å²) in [6.07, 6.45) is 0.538. The average Bonchev–Trinajstić information content (AvgIpc) is 2.15. The van der Waals surface area contributed by atoms with Crippen molar-refractivity contribution in [1.82, 2.24) is 5.43 Å². The van der Waals surface area contributed by atoms with Gasteiger partial charge in [-0.15, -0.1) is 0 Å². The second kappa shape index (κ2) is 4.25. The summed E-state index contributed by atoms with van der Waals surface area (Å²) in [5.74, 6) is -0.292. The third-order valence-corrected chi connectivity index (χ3v) is 1.36. The number of hydrogen-bond donors (Lipinski definition) is 1. The summed E-state index contributed by atoms with van der Waals surface area (Å²) in [5, 5.41) is 1.11. The van der Waals surface area contributed by atoms with E-state index < -0.39 is 0 Å². The van der Waals surface area contributed by atoms with E-state index in [-0.39, 0.29) is 5.91 Å². The van der Waals surface area contributed by atoms with Gasteiger partial charge in [0.05, 0.1) is 5.69 Å². The maximum atomic E-state index is 10.7. The van der Waals surface area contributed by atoms with Crippen LogP contribution in [0, 0.1) is 6.07 Å². The van der Waals surface area contributed by atoms with Crippen LogP contribution in [0.15, 0.2) is 24.3 Å². The van der Waals surface area contributed by atoms with Gasteiger partial charge in [-0.2, -0.15) is 0 Å². The van der Waals surface area contributed by atoms with E-state index in [9.17, 15) is 9.59 Å². The lowest BCUT2D eigenvalue weighted by molar-refractivity contribution is -0.121. The van der Waals surface area contributed by atoms with Gasteiger partial charge < -0.3 is 0 Å². The van der Waals surface area contributed by atoms with Crippen molar-refractivity contribution in [2.24, 2.45) is 0 Å². The molecule has 0 aliphatic carbocycles. The lowest BCUT2D eigenvalue weighted by Gasteiger charge is -2.16. The normalized spacial score (nSPS) is 9.00. The van der Waals surface area contributed by atoms with Gasteiger partial charge in [0.2, 0.25) is 12.3 Å². The van der Waals surface area contributed by atoms with Crippen molar-refractivity contribution >= 4 is 18.0 Å². The maximum absolute atomic E-state index is 10.7. The van der Waals surface area contributed by atoms with Gasteiger partial charge in [0.25, 0.3) is 0 Å². The Morgan fingerprint density at radius 3 is 2.62 bits per heavy atom. The van der Waals surface area contributed by atoms with Crippen molar-refractivity contribution in [1.29, 1.82) is 0 Å². The lowest BCUT2D eigenvalue weighted by atomic mass is 10.3. The number of carbonyl (C=O) groups is 2. The third kappa shape index (κ3) is 2.59. The number of hydrogen-bond acceptors (Lipinski definition) is 2. The highest BCUT2D eigenvalue weighted by Gasteiger charge is 2.04. The number of carbonyl (C=O) groups excluding carboxylic acids is 2. The topological polar surface area (TPSA) is 49.4 Å². The molecule has 0 saturated heterocycles. The van der Waals surface area contributed by atoms with Crippen LogP contribution in [-0.4, -0.2) is 12.3 Å². The molecule has 2 amide bonds. The van der Waals surface area contributed by atoms with Crippen LogP contribution < -0.4 is 10.4 Å². The Morgan fingerprint density at radius 1 is 1.54 bits per heavy atom. The number of nitrogens with zero attached hydrogens (tertiary/aromatic N) is 1. The largest absolute Gasteiger partial charge is 0.276 e. The molecule has 1 N–H and O–H groups in total. The monoisotopic (exact) mass is 177 g/mol. The fourth-order valence-electron chi connectivity index (χ4n) is 0.860. The van der Waals surface area contributed by atoms with Crippen LogP contribution in [0.3, 0.4) is 0 Å². The first-order chi connectivity index (χ1) is 6.24. The zero-order valence-corrected chi connectivity index (χ0v) is 7.15. The van der Waals surface area contributed by atoms with Gasteiger partial charge in [-0.25, -0.2) is 5.01 Å². The lowest BCUT2D eigenvalue weighted by Crippen LogP contribution is -2.40. The molecule has 0 saturated carbocycles. The Hall–Kier alpha value is -1.84. The number of hydrazine groups is 1. The molecule has 67 valence electrons. The zero-order valence-electron chi connectivity index (χ0n) is 7.15. The minimum Gasteiger partial charge on any atom is -0.276 e. The molecule has 1 aromatic rings. The van der Waals surface area contributed by atoms with Crippen LogP contribution in [0.4, 0.5) is 5.69 Å². The molecular weight excluding hydrogens is 168 g/mol. The average molecular weight is 177 g/mol. The number of rotatable bonds is 3. The predicted molar refractivity (Wildman–Crippen MR) is 47.6 cm³/mol. The standard InChI is InChI=1S/C9H9N2O2/c1-8(13)10-11(7-12)9-5-3-2-4-6-9/h3-7H,1H3,(H,10,13). The minimum absolute atomic E-state index is 0.292. The van der Waals surface area contributed by atoms with E-state index in [2.05, 4.69) is 11.5 Å². The van der Waals surface area contributed by atoms with E-state index in [4.69, 9.17) is 0 Å². The van der Waals surface area contributed by atoms with Crippen LogP contribution in [-0.2, 0) is 9.59 Å². The summed E-state index contributed by atoms with van der Waals surface area (Å²) < 4.78 is 0. The Kier molecular flexibility index (Phi) is 3.03. The van der Waals surface area contributed by atoms with E-state index in [1.807, 2.05) is 0 Å². The first-order valence-corrected chi connectivity index (χ1v) is 3.72. The molecule has 0 aliphatic rings. The van der Waals surface area contributed by atoms with E-state index >= 15 is 0 Å². The molecule has 1 radical (unpaired) electrons. The molecule has 0 aliphatic heterocycles. The van der Waals surface area contributed by atoms with Crippen molar-refractivity contribution in [2.45, 2.75) is 6.92 Å². The van der Waals surface area contributed by atoms with Gasteiger partial charge in [0.1, 0.15) is 0 Å². The van der Waals surface area contributed by atoms with Crippen molar-refractivity contribution in [2.75, 3.05) is 5.01 Å². The van der Waals surface area contributed by atoms with E-state index in [0.29, 0.717) is 12.1 Å². The smallest absolute Gasteiger partial charge is 0.235 e. The van der Waals surface area contributed by atoms with E-state index in [0.717, 1.165) is 5.01 Å². The van der Waals surface area contributed by atoms with Gasteiger partial charge in [0.15, 0.2) is 0 Å². The third-order valence-electron chi connectivity index (χ3n) is 1.36. The molecule has 13 heavy (non-hydrogen) atoms.